The summed E-state index contributed by atoms with van der Waals surface area (Å²) in [5.74, 6) is 0.428. The van der Waals surface area contributed by atoms with E-state index in [1.54, 1.807) is 12.3 Å². The largest absolute Gasteiger partial charge is 0.389 e. The van der Waals surface area contributed by atoms with Gasteiger partial charge in [0.25, 0.3) is 0 Å². The number of anilines is 1. The maximum atomic E-state index is 11.3. The normalized spacial score (nSPS) is 23.1. The Balaban J connectivity index is 2.25. The van der Waals surface area contributed by atoms with E-state index in [9.17, 15) is 4.79 Å². The SMILES string of the molecule is CC1CCC(C(N)=O)CN1c1cc(C(N)=S)ccn1. The number of hydrogen-bond donors (Lipinski definition) is 2. The third-order valence-electron chi connectivity index (χ3n) is 3.61. The summed E-state index contributed by atoms with van der Waals surface area (Å²) >= 11 is 4.97. The molecule has 2 unspecified atom stereocenters. The number of nitrogens with two attached hydrogens (primary N) is 2. The zero-order valence-electron chi connectivity index (χ0n) is 10.9. The van der Waals surface area contributed by atoms with E-state index in [0.29, 0.717) is 17.6 Å². The molecule has 0 saturated carbocycles. The minimum absolute atomic E-state index is 0.119. The molecule has 102 valence electrons. The molecule has 1 aromatic heterocycles. The van der Waals surface area contributed by atoms with E-state index in [1.807, 2.05) is 6.07 Å². The first-order valence-electron chi connectivity index (χ1n) is 6.31. The van der Waals surface area contributed by atoms with Crippen LogP contribution in [0.3, 0.4) is 0 Å². The Morgan fingerprint density at radius 2 is 2.21 bits per heavy atom. The summed E-state index contributed by atoms with van der Waals surface area (Å²) in [5, 5.41) is 0. The van der Waals surface area contributed by atoms with Gasteiger partial charge >= 0.3 is 0 Å². The van der Waals surface area contributed by atoms with Crippen LogP contribution in [0.5, 0.6) is 0 Å². The molecule has 1 amide bonds. The van der Waals surface area contributed by atoms with Gasteiger partial charge in [0.2, 0.25) is 5.91 Å². The lowest BCUT2D eigenvalue weighted by atomic mass is 9.93. The number of carbonyl (C=O) groups is 1. The first kappa shape index (κ1) is 13.7. The zero-order valence-corrected chi connectivity index (χ0v) is 11.7. The van der Waals surface area contributed by atoms with Crippen LogP contribution in [0.4, 0.5) is 5.82 Å². The van der Waals surface area contributed by atoms with Gasteiger partial charge in [0.05, 0.1) is 5.92 Å². The molecule has 2 rings (SSSR count). The van der Waals surface area contributed by atoms with E-state index in [2.05, 4.69) is 16.8 Å². The van der Waals surface area contributed by atoms with Crippen molar-refractivity contribution in [2.24, 2.45) is 17.4 Å². The molecule has 1 fully saturated rings. The van der Waals surface area contributed by atoms with Crippen LogP contribution in [-0.2, 0) is 4.79 Å². The number of hydrogen-bond acceptors (Lipinski definition) is 4. The van der Waals surface area contributed by atoms with Crippen molar-refractivity contribution in [3.63, 3.8) is 0 Å². The fraction of sp³-hybridized carbons (Fsp3) is 0.462. The smallest absolute Gasteiger partial charge is 0.222 e. The molecule has 4 N–H and O–H groups in total. The second-order valence-corrected chi connectivity index (χ2v) is 5.38. The number of piperidine rings is 1. The number of amides is 1. The van der Waals surface area contributed by atoms with Crippen molar-refractivity contribution >= 4 is 28.9 Å². The summed E-state index contributed by atoms with van der Waals surface area (Å²) in [6.07, 6.45) is 3.44. The van der Waals surface area contributed by atoms with Crippen molar-refractivity contribution in [3.05, 3.63) is 23.9 Å². The van der Waals surface area contributed by atoms with Crippen molar-refractivity contribution in [1.29, 1.82) is 0 Å². The summed E-state index contributed by atoms with van der Waals surface area (Å²) < 4.78 is 0. The van der Waals surface area contributed by atoms with Crippen LogP contribution in [0.2, 0.25) is 0 Å². The fourth-order valence-corrected chi connectivity index (χ4v) is 2.51. The highest BCUT2D eigenvalue weighted by atomic mass is 32.1. The molecule has 6 heteroatoms. The van der Waals surface area contributed by atoms with Crippen LogP contribution in [0.1, 0.15) is 25.3 Å². The van der Waals surface area contributed by atoms with Crippen LogP contribution < -0.4 is 16.4 Å². The molecule has 0 aliphatic carbocycles. The molecule has 0 spiro atoms. The fourth-order valence-electron chi connectivity index (χ4n) is 2.39. The highest BCUT2D eigenvalue weighted by molar-refractivity contribution is 7.80. The van der Waals surface area contributed by atoms with Gasteiger partial charge in [-0.2, -0.15) is 0 Å². The van der Waals surface area contributed by atoms with Gasteiger partial charge in [-0.15, -0.1) is 0 Å². The van der Waals surface area contributed by atoms with Gasteiger partial charge in [0.15, 0.2) is 0 Å². The second-order valence-electron chi connectivity index (χ2n) is 4.94. The van der Waals surface area contributed by atoms with Gasteiger partial charge in [0.1, 0.15) is 10.8 Å². The van der Waals surface area contributed by atoms with Crippen molar-refractivity contribution in [2.45, 2.75) is 25.8 Å². The van der Waals surface area contributed by atoms with Gasteiger partial charge in [0, 0.05) is 24.3 Å². The Hall–Kier alpha value is -1.69. The first-order chi connectivity index (χ1) is 8.99. The maximum Gasteiger partial charge on any atom is 0.222 e. The number of aromatic nitrogens is 1. The topological polar surface area (TPSA) is 85.2 Å². The van der Waals surface area contributed by atoms with Crippen LogP contribution in [0, 0.1) is 5.92 Å². The Morgan fingerprint density at radius 3 is 2.84 bits per heavy atom. The third kappa shape index (κ3) is 3.01. The summed E-state index contributed by atoms with van der Waals surface area (Å²) in [4.78, 5) is 18.1. The lowest BCUT2D eigenvalue weighted by molar-refractivity contribution is -0.122. The van der Waals surface area contributed by atoms with Gasteiger partial charge in [-0.05, 0) is 31.9 Å². The van der Waals surface area contributed by atoms with Crippen molar-refractivity contribution in [3.8, 4) is 0 Å². The molecule has 5 nitrogen and oxygen atoms in total. The van der Waals surface area contributed by atoms with Crippen LogP contribution in [-0.4, -0.2) is 28.5 Å². The molecule has 0 aromatic carbocycles. The van der Waals surface area contributed by atoms with Gasteiger partial charge < -0.3 is 16.4 Å². The number of thiocarbonyl (C=S) groups is 1. The molecule has 2 heterocycles. The summed E-state index contributed by atoms with van der Waals surface area (Å²) in [6, 6.07) is 3.97. The average molecular weight is 278 g/mol. The Morgan fingerprint density at radius 1 is 1.47 bits per heavy atom. The van der Waals surface area contributed by atoms with Crippen LogP contribution >= 0.6 is 12.2 Å². The Labute approximate surface area is 118 Å². The quantitative estimate of drug-likeness (QED) is 0.799. The van der Waals surface area contributed by atoms with E-state index >= 15 is 0 Å². The number of carbonyl (C=O) groups excluding carboxylic acids is 1. The second kappa shape index (κ2) is 5.52. The Bertz CT molecular complexity index is 505. The standard InChI is InChI=1S/C13H18N4OS/c1-8-2-3-10(12(14)18)7-17(8)11-6-9(13(15)19)4-5-16-11/h4-6,8,10H,2-3,7H2,1H3,(H2,14,18)(H2,15,19). The predicted octanol–water partition coefficient (Wildman–Crippen LogP) is 0.806. The van der Waals surface area contributed by atoms with E-state index < -0.39 is 0 Å². The molecule has 1 aliphatic rings. The van der Waals surface area contributed by atoms with E-state index in [-0.39, 0.29) is 11.8 Å². The van der Waals surface area contributed by atoms with Crippen molar-refractivity contribution in [2.75, 3.05) is 11.4 Å². The summed E-state index contributed by atoms with van der Waals surface area (Å²) in [7, 11) is 0. The molecular formula is C13H18N4OS. The van der Waals surface area contributed by atoms with Gasteiger partial charge in [-0.3, -0.25) is 4.79 Å². The number of primary amides is 1. The number of rotatable bonds is 3. The minimum atomic E-state index is -0.248. The van der Waals surface area contributed by atoms with Gasteiger partial charge in [-0.25, -0.2) is 4.98 Å². The average Bonchev–Trinajstić information content (AvgIpc) is 2.39. The van der Waals surface area contributed by atoms with Crippen LogP contribution in [0.15, 0.2) is 18.3 Å². The number of nitrogens with zero attached hydrogens (tertiary/aromatic N) is 2. The number of pyridine rings is 1. The monoisotopic (exact) mass is 278 g/mol. The van der Waals surface area contributed by atoms with Crippen molar-refractivity contribution < 1.29 is 4.79 Å². The molecule has 19 heavy (non-hydrogen) atoms. The molecule has 0 radical (unpaired) electrons. The zero-order chi connectivity index (χ0) is 14.0. The third-order valence-corrected chi connectivity index (χ3v) is 3.84. The first-order valence-corrected chi connectivity index (χ1v) is 6.71. The van der Waals surface area contributed by atoms with E-state index in [1.165, 1.54) is 0 Å². The Kier molecular flexibility index (Phi) is 3.99. The molecule has 1 saturated heterocycles. The highest BCUT2D eigenvalue weighted by Gasteiger charge is 2.29. The van der Waals surface area contributed by atoms with Gasteiger partial charge in [-0.1, -0.05) is 12.2 Å². The lowest BCUT2D eigenvalue weighted by Crippen LogP contribution is -2.46. The maximum absolute atomic E-state index is 11.3. The minimum Gasteiger partial charge on any atom is -0.389 e. The summed E-state index contributed by atoms with van der Waals surface area (Å²) in [6.45, 7) is 2.72. The molecule has 1 aromatic rings. The van der Waals surface area contributed by atoms with Crippen LogP contribution in [0.25, 0.3) is 0 Å². The molecule has 1 aliphatic heterocycles. The predicted molar refractivity (Wildman–Crippen MR) is 78.9 cm³/mol. The van der Waals surface area contributed by atoms with Crippen molar-refractivity contribution in [1.82, 2.24) is 4.98 Å². The highest BCUT2D eigenvalue weighted by Crippen LogP contribution is 2.26. The summed E-state index contributed by atoms with van der Waals surface area (Å²) in [5.41, 5.74) is 11.8. The van der Waals surface area contributed by atoms with E-state index in [0.717, 1.165) is 24.2 Å². The molecule has 2 atom stereocenters. The molecular weight excluding hydrogens is 260 g/mol. The molecule has 0 bridgehead atoms. The van der Waals surface area contributed by atoms with E-state index in [4.69, 9.17) is 23.7 Å². The lowest BCUT2D eigenvalue weighted by Gasteiger charge is -2.37.